The van der Waals surface area contributed by atoms with Crippen LogP contribution in [0, 0.1) is 5.92 Å². The monoisotopic (exact) mass is 405 g/mol. The third-order valence-corrected chi connectivity index (χ3v) is 6.54. The van der Waals surface area contributed by atoms with Gasteiger partial charge < -0.3 is 5.32 Å². The number of rotatable bonds is 7. The lowest BCUT2D eigenvalue weighted by Crippen LogP contribution is -2.31. The number of nitrogens with zero attached hydrogens (tertiary/aromatic N) is 2. The van der Waals surface area contributed by atoms with Crippen LogP contribution >= 0.6 is 11.8 Å². The fourth-order valence-corrected chi connectivity index (χ4v) is 4.67. The average molecular weight is 406 g/mol. The summed E-state index contributed by atoms with van der Waals surface area (Å²) in [5, 5.41) is 4.50. The summed E-state index contributed by atoms with van der Waals surface area (Å²) in [5.41, 5.74) is 1.85. The number of fused-ring (bicyclic) bond motifs is 1. The maximum Gasteiger partial charge on any atom is 0.262 e. The van der Waals surface area contributed by atoms with Crippen molar-refractivity contribution in [2.45, 2.75) is 42.9 Å². The van der Waals surface area contributed by atoms with Gasteiger partial charge in [0.25, 0.3) is 5.56 Å². The molecule has 2 aliphatic rings. The molecule has 0 radical (unpaired) electrons. The van der Waals surface area contributed by atoms with Crippen molar-refractivity contribution in [1.29, 1.82) is 0 Å². The van der Waals surface area contributed by atoms with Crippen LogP contribution in [0.25, 0.3) is 10.9 Å². The zero-order valence-corrected chi connectivity index (χ0v) is 16.9. The molecule has 1 unspecified atom stereocenters. The van der Waals surface area contributed by atoms with Crippen molar-refractivity contribution in [2.24, 2.45) is 5.92 Å². The number of carbonyl (C=O) groups is 1. The van der Waals surface area contributed by atoms with E-state index in [1.165, 1.54) is 11.8 Å². The molecule has 6 heteroatoms. The van der Waals surface area contributed by atoms with E-state index >= 15 is 0 Å². The van der Waals surface area contributed by atoms with E-state index in [4.69, 9.17) is 4.98 Å². The SMILES string of the molecule is O=C(CSc1nc2ccccc2c(=O)n1C1CC1)NC(c1ccccc1)C1CC1. The van der Waals surface area contributed by atoms with Gasteiger partial charge in [-0.2, -0.15) is 0 Å². The molecule has 0 bridgehead atoms. The molecular weight excluding hydrogens is 382 g/mol. The van der Waals surface area contributed by atoms with Gasteiger partial charge in [0.15, 0.2) is 5.16 Å². The fourth-order valence-electron chi connectivity index (χ4n) is 3.79. The van der Waals surface area contributed by atoms with E-state index in [0.29, 0.717) is 22.0 Å². The molecule has 1 aromatic heterocycles. The Morgan fingerprint density at radius 1 is 1.07 bits per heavy atom. The Hall–Kier alpha value is -2.60. The molecule has 148 valence electrons. The van der Waals surface area contributed by atoms with Crippen LogP contribution in [0.4, 0.5) is 0 Å². The number of aromatic nitrogens is 2. The summed E-state index contributed by atoms with van der Waals surface area (Å²) in [6.45, 7) is 0. The van der Waals surface area contributed by atoms with Gasteiger partial charge in [-0.1, -0.05) is 54.2 Å². The highest BCUT2D eigenvalue weighted by atomic mass is 32.2. The zero-order valence-electron chi connectivity index (χ0n) is 16.1. The Kier molecular flexibility index (Phi) is 4.87. The second-order valence-corrected chi connectivity index (χ2v) is 8.84. The largest absolute Gasteiger partial charge is 0.348 e. The van der Waals surface area contributed by atoms with Crippen molar-refractivity contribution in [3.63, 3.8) is 0 Å². The molecule has 0 aliphatic heterocycles. The Labute approximate surface area is 173 Å². The van der Waals surface area contributed by atoms with Gasteiger partial charge in [0.05, 0.1) is 22.7 Å². The van der Waals surface area contributed by atoms with E-state index in [2.05, 4.69) is 17.4 Å². The van der Waals surface area contributed by atoms with Crippen LogP contribution in [0.5, 0.6) is 0 Å². The van der Waals surface area contributed by atoms with Gasteiger partial charge in [0.1, 0.15) is 0 Å². The molecule has 5 nitrogen and oxygen atoms in total. The number of amides is 1. The molecule has 2 saturated carbocycles. The predicted molar refractivity (Wildman–Crippen MR) is 115 cm³/mol. The van der Waals surface area contributed by atoms with Crippen molar-refractivity contribution in [3.8, 4) is 0 Å². The smallest absolute Gasteiger partial charge is 0.262 e. The Morgan fingerprint density at radius 2 is 1.79 bits per heavy atom. The number of nitrogens with one attached hydrogen (secondary N) is 1. The van der Waals surface area contributed by atoms with Gasteiger partial charge in [-0.25, -0.2) is 4.98 Å². The molecule has 1 amide bonds. The summed E-state index contributed by atoms with van der Waals surface area (Å²) < 4.78 is 1.79. The maximum atomic E-state index is 12.9. The van der Waals surface area contributed by atoms with Crippen molar-refractivity contribution < 1.29 is 4.79 Å². The van der Waals surface area contributed by atoms with Crippen molar-refractivity contribution in [1.82, 2.24) is 14.9 Å². The Bertz CT molecular complexity index is 1100. The third kappa shape index (κ3) is 3.94. The van der Waals surface area contributed by atoms with E-state index in [1.54, 1.807) is 4.57 Å². The predicted octanol–water partition coefficient (Wildman–Crippen LogP) is 4.09. The number of hydrogen-bond acceptors (Lipinski definition) is 4. The molecule has 5 rings (SSSR count). The zero-order chi connectivity index (χ0) is 19.8. The summed E-state index contributed by atoms with van der Waals surface area (Å²) in [6, 6.07) is 17.9. The minimum Gasteiger partial charge on any atom is -0.348 e. The van der Waals surface area contributed by atoms with Crippen LogP contribution in [0.3, 0.4) is 0 Å². The summed E-state index contributed by atoms with van der Waals surface area (Å²) in [4.78, 5) is 30.4. The first-order chi connectivity index (χ1) is 14.2. The van der Waals surface area contributed by atoms with Crippen molar-refractivity contribution in [2.75, 3.05) is 5.75 Å². The van der Waals surface area contributed by atoms with Gasteiger partial charge in [-0.3, -0.25) is 14.2 Å². The number of carbonyl (C=O) groups excluding carboxylic acids is 1. The van der Waals surface area contributed by atoms with E-state index in [0.717, 1.165) is 31.2 Å². The topological polar surface area (TPSA) is 64.0 Å². The molecule has 2 aromatic carbocycles. The lowest BCUT2D eigenvalue weighted by atomic mass is 10.0. The molecule has 1 heterocycles. The van der Waals surface area contributed by atoms with Gasteiger partial charge in [-0.05, 0) is 49.3 Å². The highest BCUT2D eigenvalue weighted by molar-refractivity contribution is 7.99. The van der Waals surface area contributed by atoms with E-state index in [1.807, 2.05) is 42.5 Å². The molecular formula is C23H23N3O2S. The second kappa shape index (κ2) is 7.67. The molecule has 1 atom stereocenters. The molecule has 0 saturated heterocycles. The molecule has 2 fully saturated rings. The first-order valence-electron chi connectivity index (χ1n) is 10.2. The van der Waals surface area contributed by atoms with Gasteiger partial charge >= 0.3 is 0 Å². The second-order valence-electron chi connectivity index (χ2n) is 7.90. The maximum absolute atomic E-state index is 12.9. The number of para-hydroxylation sites is 1. The minimum absolute atomic E-state index is 0.00107. The highest BCUT2D eigenvalue weighted by Gasteiger charge is 2.33. The van der Waals surface area contributed by atoms with E-state index < -0.39 is 0 Å². The van der Waals surface area contributed by atoms with Gasteiger partial charge in [0, 0.05) is 6.04 Å². The molecule has 29 heavy (non-hydrogen) atoms. The normalized spacial score (nSPS) is 17.2. The van der Waals surface area contributed by atoms with Crippen LogP contribution < -0.4 is 10.9 Å². The highest BCUT2D eigenvalue weighted by Crippen LogP contribution is 2.41. The summed E-state index contributed by atoms with van der Waals surface area (Å²) in [7, 11) is 0. The molecule has 2 aliphatic carbocycles. The number of benzene rings is 2. The summed E-state index contributed by atoms with van der Waals surface area (Å²) >= 11 is 1.36. The molecule has 3 aromatic rings. The first kappa shape index (κ1) is 18.4. The van der Waals surface area contributed by atoms with Crippen LogP contribution in [0.1, 0.15) is 43.3 Å². The lowest BCUT2D eigenvalue weighted by molar-refractivity contribution is -0.119. The minimum atomic E-state index is -0.0134. The quantitative estimate of drug-likeness (QED) is 0.475. The Morgan fingerprint density at radius 3 is 2.52 bits per heavy atom. The molecule has 0 spiro atoms. The summed E-state index contributed by atoms with van der Waals surface area (Å²) in [6.07, 6.45) is 4.30. The van der Waals surface area contributed by atoms with Crippen LogP contribution in [-0.4, -0.2) is 21.2 Å². The standard InChI is InChI=1S/C23H23N3O2S/c27-20(25-21(16-10-11-16)15-6-2-1-3-7-15)14-29-23-24-19-9-5-4-8-18(19)22(28)26(23)17-12-13-17/h1-9,16-17,21H,10-14H2,(H,25,27). The molecule has 1 N–H and O–H groups in total. The van der Waals surface area contributed by atoms with Crippen LogP contribution in [0.2, 0.25) is 0 Å². The lowest BCUT2D eigenvalue weighted by Gasteiger charge is -2.19. The number of hydrogen-bond donors (Lipinski definition) is 1. The Balaban J connectivity index is 1.34. The van der Waals surface area contributed by atoms with Crippen molar-refractivity contribution in [3.05, 3.63) is 70.5 Å². The van der Waals surface area contributed by atoms with Crippen molar-refractivity contribution >= 4 is 28.6 Å². The average Bonchev–Trinajstić information content (AvgIpc) is 3.65. The number of thioether (sulfide) groups is 1. The third-order valence-electron chi connectivity index (χ3n) is 5.59. The van der Waals surface area contributed by atoms with Gasteiger partial charge in [0.2, 0.25) is 5.91 Å². The fraction of sp³-hybridized carbons (Fsp3) is 0.348. The van der Waals surface area contributed by atoms with Crippen LogP contribution in [0.15, 0.2) is 64.5 Å². The van der Waals surface area contributed by atoms with Gasteiger partial charge in [-0.15, -0.1) is 0 Å². The summed E-state index contributed by atoms with van der Waals surface area (Å²) in [5.74, 6) is 0.767. The first-order valence-corrected chi connectivity index (χ1v) is 11.2. The van der Waals surface area contributed by atoms with E-state index in [-0.39, 0.29) is 29.3 Å². The van der Waals surface area contributed by atoms with Crippen LogP contribution in [-0.2, 0) is 4.79 Å². The van der Waals surface area contributed by atoms with E-state index in [9.17, 15) is 9.59 Å².